The molecule has 2 aromatic rings. The van der Waals surface area contributed by atoms with E-state index in [-0.39, 0.29) is 23.0 Å². The molecule has 0 heterocycles. The highest BCUT2D eigenvalue weighted by molar-refractivity contribution is 5.39. The first-order valence-corrected chi connectivity index (χ1v) is 12.2. The van der Waals surface area contributed by atoms with Gasteiger partial charge in [0.15, 0.2) is 23.1 Å². The largest absolute Gasteiger partial charge is 0.453 e. The van der Waals surface area contributed by atoms with Crippen LogP contribution in [-0.4, -0.2) is 6.61 Å². The van der Waals surface area contributed by atoms with Crippen molar-refractivity contribution in [3.05, 3.63) is 53.3 Å². The molecule has 0 spiro atoms. The second-order valence-electron chi connectivity index (χ2n) is 9.57. The molecule has 4 rings (SSSR count). The first kappa shape index (κ1) is 24.8. The summed E-state index contributed by atoms with van der Waals surface area (Å²) in [7, 11) is 0. The molecule has 0 unspecified atom stereocenters. The van der Waals surface area contributed by atoms with E-state index < -0.39 is 29.8 Å². The lowest BCUT2D eigenvalue weighted by Gasteiger charge is -2.38. The first-order chi connectivity index (χ1) is 16.4. The van der Waals surface area contributed by atoms with Crippen LogP contribution in [0, 0.1) is 41.3 Å². The Morgan fingerprint density at radius 3 is 2.15 bits per heavy atom. The third-order valence-electron chi connectivity index (χ3n) is 7.68. The van der Waals surface area contributed by atoms with Gasteiger partial charge in [0.2, 0.25) is 0 Å². The van der Waals surface area contributed by atoms with Crippen molar-refractivity contribution in [2.75, 3.05) is 0 Å². The van der Waals surface area contributed by atoms with Crippen molar-refractivity contribution in [2.45, 2.75) is 77.2 Å². The summed E-state index contributed by atoms with van der Waals surface area (Å²) in [6.07, 6.45) is 9.67. The average Bonchev–Trinajstić information content (AvgIpc) is 2.83. The second kappa shape index (κ2) is 11.0. The SMILES string of the molecule is CC[C@H]1CC[C@H](C2CCC(c3c(F)c[c]c(Oc4ccc(OC(F)F)c(F)c4)c3F)CC2)CC1. The first-order valence-electron chi connectivity index (χ1n) is 12.2. The van der Waals surface area contributed by atoms with Crippen LogP contribution in [0.5, 0.6) is 17.2 Å². The lowest BCUT2D eigenvalue weighted by Crippen LogP contribution is -2.25. The molecular formula is C27H30F5O2. The maximum Gasteiger partial charge on any atom is 0.387 e. The number of ether oxygens (including phenoxy) is 2. The van der Waals surface area contributed by atoms with Gasteiger partial charge in [0, 0.05) is 17.7 Å². The fourth-order valence-corrected chi connectivity index (χ4v) is 5.75. The van der Waals surface area contributed by atoms with Gasteiger partial charge in [-0.2, -0.15) is 8.78 Å². The molecule has 2 aromatic carbocycles. The van der Waals surface area contributed by atoms with Crippen LogP contribution in [-0.2, 0) is 0 Å². The molecule has 0 atom stereocenters. The molecule has 0 aliphatic heterocycles. The van der Waals surface area contributed by atoms with E-state index >= 15 is 4.39 Å². The van der Waals surface area contributed by atoms with E-state index in [0.717, 1.165) is 37.0 Å². The van der Waals surface area contributed by atoms with E-state index in [1.165, 1.54) is 38.2 Å². The van der Waals surface area contributed by atoms with Crippen molar-refractivity contribution in [3.63, 3.8) is 0 Å². The third-order valence-corrected chi connectivity index (χ3v) is 7.68. The highest BCUT2D eigenvalue weighted by Crippen LogP contribution is 2.46. The van der Waals surface area contributed by atoms with Crippen LogP contribution in [0.2, 0.25) is 0 Å². The molecule has 0 bridgehead atoms. The fourth-order valence-electron chi connectivity index (χ4n) is 5.75. The molecule has 0 saturated heterocycles. The molecule has 2 fully saturated rings. The van der Waals surface area contributed by atoms with Gasteiger partial charge < -0.3 is 9.47 Å². The van der Waals surface area contributed by atoms with Crippen molar-refractivity contribution in [2.24, 2.45) is 17.8 Å². The quantitative estimate of drug-likeness (QED) is 0.368. The van der Waals surface area contributed by atoms with Gasteiger partial charge in [-0.15, -0.1) is 0 Å². The molecule has 0 aromatic heterocycles. The number of hydrogen-bond acceptors (Lipinski definition) is 2. The third kappa shape index (κ3) is 5.66. The van der Waals surface area contributed by atoms with E-state index in [1.54, 1.807) is 0 Å². The maximum absolute atomic E-state index is 15.3. The summed E-state index contributed by atoms with van der Waals surface area (Å²) in [6.45, 7) is -0.921. The summed E-state index contributed by atoms with van der Waals surface area (Å²) in [5.74, 6) is -1.79. The van der Waals surface area contributed by atoms with E-state index in [1.807, 2.05) is 0 Å². The Balaban J connectivity index is 1.43. The van der Waals surface area contributed by atoms with E-state index in [2.05, 4.69) is 17.7 Å². The fraction of sp³-hybridized carbons (Fsp3) is 0.556. The van der Waals surface area contributed by atoms with Gasteiger partial charge in [0.1, 0.15) is 11.6 Å². The van der Waals surface area contributed by atoms with Crippen LogP contribution in [0.25, 0.3) is 0 Å². The molecule has 2 saturated carbocycles. The van der Waals surface area contributed by atoms with Crippen LogP contribution in [0.4, 0.5) is 22.0 Å². The van der Waals surface area contributed by atoms with Crippen LogP contribution < -0.4 is 9.47 Å². The number of halogens is 5. The molecule has 2 nitrogen and oxygen atoms in total. The molecule has 2 aliphatic carbocycles. The van der Waals surface area contributed by atoms with Crippen molar-refractivity contribution in [1.82, 2.24) is 0 Å². The zero-order chi connectivity index (χ0) is 24.2. The zero-order valence-corrected chi connectivity index (χ0v) is 19.3. The molecule has 185 valence electrons. The van der Waals surface area contributed by atoms with Crippen LogP contribution in [0.1, 0.15) is 76.2 Å². The monoisotopic (exact) mass is 481 g/mol. The average molecular weight is 482 g/mol. The number of alkyl halides is 2. The van der Waals surface area contributed by atoms with E-state index in [4.69, 9.17) is 4.74 Å². The summed E-state index contributed by atoms with van der Waals surface area (Å²) in [5.41, 5.74) is -0.0139. The highest BCUT2D eigenvalue weighted by atomic mass is 19.3. The molecule has 0 N–H and O–H groups in total. The Morgan fingerprint density at radius 1 is 0.912 bits per heavy atom. The van der Waals surface area contributed by atoms with E-state index in [0.29, 0.717) is 24.7 Å². The molecule has 1 radical (unpaired) electrons. The Labute approximate surface area is 197 Å². The Bertz CT molecular complexity index is 964. The summed E-state index contributed by atoms with van der Waals surface area (Å²) in [4.78, 5) is 0. The number of hydrogen-bond donors (Lipinski definition) is 0. The minimum absolute atomic E-state index is 0.0139. The van der Waals surface area contributed by atoms with Gasteiger partial charge in [0.25, 0.3) is 0 Å². The normalized spacial score (nSPS) is 25.4. The standard InChI is InChI=1S/C27H30F5O2/c1-2-16-3-5-17(6-4-16)18-7-9-19(10-8-18)25-21(28)12-14-24(26(25)30)33-20-11-13-23(22(29)15-20)34-27(31)32/h11-13,15-19,27H,2-10H2,1H3/t16-,17-,18?,19?. The number of rotatable bonds is 7. The van der Waals surface area contributed by atoms with Gasteiger partial charge in [-0.3, -0.25) is 0 Å². The summed E-state index contributed by atoms with van der Waals surface area (Å²) >= 11 is 0. The topological polar surface area (TPSA) is 18.5 Å². The van der Waals surface area contributed by atoms with Crippen molar-refractivity contribution in [1.29, 1.82) is 0 Å². The van der Waals surface area contributed by atoms with Gasteiger partial charge >= 0.3 is 6.61 Å². The van der Waals surface area contributed by atoms with Gasteiger partial charge in [-0.25, -0.2) is 13.2 Å². The number of benzene rings is 2. The van der Waals surface area contributed by atoms with Gasteiger partial charge in [-0.1, -0.05) is 26.2 Å². The minimum atomic E-state index is -3.17. The summed E-state index contributed by atoms with van der Waals surface area (Å²) < 4.78 is 78.0. The predicted molar refractivity (Wildman–Crippen MR) is 119 cm³/mol. The smallest absolute Gasteiger partial charge is 0.387 e. The van der Waals surface area contributed by atoms with Crippen molar-refractivity contribution in [3.8, 4) is 17.2 Å². The lowest BCUT2D eigenvalue weighted by atomic mass is 9.68. The minimum Gasteiger partial charge on any atom is -0.453 e. The predicted octanol–water partition coefficient (Wildman–Crippen LogP) is 8.79. The molecule has 2 aliphatic rings. The zero-order valence-electron chi connectivity index (χ0n) is 19.3. The Hall–Kier alpha value is -2.31. The molecule has 7 heteroatoms. The lowest BCUT2D eigenvalue weighted by molar-refractivity contribution is -0.0522. The summed E-state index contributed by atoms with van der Waals surface area (Å²) in [6, 6.07) is 6.42. The molecule has 34 heavy (non-hydrogen) atoms. The van der Waals surface area contributed by atoms with Gasteiger partial charge in [-0.05, 0) is 80.4 Å². The Kier molecular flexibility index (Phi) is 7.99. The van der Waals surface area contributed by atoms with E-state index in [9.17, 15) is 17.6 Å². The molecule has 0 amide bonds. The highest BCUT2D eigenvalue weighted by Gasteiger charge is 2.33. The molecular weight excluding hydrogens is 451 g/mol. The van der Waals surface area contributed by atoms with Crippen molar-refractivity contribution >= 4 is 0 Å². The maximum atomic E-state index is 15.3. The van der Waals surface area contributed by atoms with Crippen LogP contribution in [0.15, 0.2) is 24.3 Å². The second-order valence-corrected chi connectivity index (χ2v) is 9.57. The van der Waals surface area contributed by atoms with Gasteiger partial charge in [0.05, 0.1) is 0 Å². The van der Waals surface area contributed by atoms with Crippen LogP contribution >= 0.6 is 0 Å². The summed E-state index contributed by atoms with van der Waals surface area (Å²) in [5, 5.41) is 0. The Morgan fingerprint density at radius 2 is 1.56 bits per heavy atom. The van der Waals surface area contributed by atoms with Crippen molar-refractivity contribution < 1.29 is 31.4 Å². The van der Waals surface area contributed by atoms with Crippen LogP contribution in [0.3, 0.4) is 0 Å².